The number of fused-ring (bicyclic) bond motifs is 1. The Morgan fingerprint density at radius 2 is 1.92 bits per heavy atom. The van der Waals surface area contributed by atoms with E-state index in [1.54, 1.807) is 7.11 Å². The SMILES string of the molecule is COc1ccc2c(c1)CCCC2OC(=O)C(C)(CI(C)C)C(C)(C)C. The van der Waals surface area contributed by atoms with Crippen LogP contribution in [0.1, 0.15) is 57.8 Å². The molecule has 0 heterocycles. The third-order valence-electron chi connectivity index (χ3n) is 5.50. The van der Waals surface area contributed by atoms with E-state index < -0.39 is 25.2 Å². The predicted molar refractivity (Wildman–Crippen MR) is 113 cm³/mol. The molecule has 0 aliphatic heterocycles. The first-order chi connectivity index (χ1) is 11.6. The van der Waals surface area contributed by atoms with Crippen LogP contribution >= 0.6 is 19.8 Å². The number of alkyl halides is 3. The van der Waals surface area contributed by atoms with Crippen molar-refractivity contribution in [2.24, 2.45) is 10.8 Å². The zero-order valence-corrected chi connectivity index (χ0v) is 18.9. The normalized spacial score (nSPS) is 20.3. The van der Waals surface area contributed by atoms with E-state index in [1.165, 1.54) is 5.56 Å². The molecule has 3 nitrogen and oxygen atoms in total. The molecule has 0 radical (unpaired) electrons. The summed E-state index contributed by atoms with van der Waals surface area (Å²) in [5.41, 5.74) is 1.87. The van der Waals surface area contributed by atoms with Gasteiger partial charge >= 0.3 is 160 Å². The van der Waals surface area contributed by atoms with Crippen molar-refractivity contribution in [2.45, 2.75) is 53.1 Å². The molecule has 25 heavy (non-hydrogen) atoms. The summed E-state index contributed by atoms with van der Waals surface area (Å²) >= 11 is -1.08. The Bertz CT molecular complexity index is 618. The van der Waals surface area contributed by atoms with Crippen LogP contribution in [0.25, 0.3) is 0 Å². The van der Waals surface area contributed by atoms with Crippen LogP contribution in [0.5, 0.6) is 5.75 Å². The Morgan fingerprint density at radius 1 is 1.24 bits per heavy atom. The molecule has 1 aliphatic rings. The summed E-state index contributed by atoms with van der Waals surface area (Å²) in [6.07, 6.45) is 2.85. The van der Waals surface area contributed by atoms with Crippen LogP contribution in [0.3, 0.4) is 0 Å². The molecular formula is C21H33IO3. The average molecular weight is 460 g/mol. The van der Waals surface area contributed by atoms with Crippen LogP contribution in [0, 0.1) is 10.8 Å². The van der Waals surface area contributed by atoms with E-state index in [1.807, 2.05) is 6.07 Å². The number of aryl methyl sites for hydroxylation is 1. The molecule has 0 fully saturated rings. The van der Waals surface area contributed by atoms with Gasteiger partial charge < -0.3 is 0 Å². The second-order valence-corrected chi connectivity index (χ2v) is 14.5. The Morgan fingerprint density at radius 3 is 2.48 bits per heavy atom. The van der Waals surface area contributed by atoms with Crippen LogP contribution in [0.2, 0.25) is 0 Å². The fraction of sp³-hybridized carbons (Fsp3) is 0.667. The molecule has 142 valence electrons. The molecule has 2 rings (SSSR count). The Balaban J connectivity index is 2.26. The number of benzene rings is 1. The Labute approximate surface area is 160 Å². The van der Waals surface area contributed by atoms with Crippen molar-refractivity contribution >= 4 is 25.8 Å². The molecule has 0 saturated carbocycles. The molecule has 2 unspecified atom stereocenters. The fourth-order valence-corrected chi connectivity index (χ4v) is 7.86. The predicted octanol–water partition coefficient (Wildman–Crippen LogP) is 5.43. The van der Waals surface area contributed by atoms with Crippen molar-refractivity contribution in [3.05, 3.63) is 29.3 Å². The van der Waals surface area contributed by atoms with Crippen LogP contribution < -0.4 is 4.74 Å². The molecule has 4 heteroatoms. The monoisotopic (exact) mass is 460 g/mol. The first kappa shape index (κ1) is 20.5. The number of carbonyl (C=O) groups excluding carboxylic acids is 1. The summed E-state index contributed by atoms with van der Waals surface area (Å²) in [4.78, 5) is 17.9. The van der Waals surface area contributed by atoms with Gasteiger partial charge in [-0.1, -0.05) is 0 Å². The Kier molecular flexibility index (Phi) is 6.45. The third-order valence-corrected chi connectivity index (χ3v) is 8.55. The molecule has 1 aromatic rings. The summed E-state index contributed by atoms with van der Waals surface area (Å²) in [5.74, 6) is 0.844. The summed E-state index contributed by atoms with van der Waals surface area (Å²) < 4.78 is 12.5. The second-order valence-electron chi connectivity index (χ2n) is 8.48. The van der Waals surface area contributed by atoms with Crippen LogP contribution in [-0.2, 0) is 16.0 Å². The molecule has 0 spiro atoms. The van der Waals surface area contributed by atoms with Crippen LogP contribution in [-0.4, -0.2) is 27.4 Å². The van der Waals surface area contributed by atoms with Crippen molar-refractivity contribution in [2.75, 3.05) is 21.4 Å². The number of hydrogen-bond acceptors (Lipinski definition) is 3. The van der Waals surface area contributed by atoms with Crippen molar-refractivity contribution < 1.29 is 14.3 Å². The number of esters is 1. The van der Waals surface area contributed by atoms with Crippen molar-refractivity contribution in [1.29, 1.82) is 0 Å². The topological polar surface area (TPSA) is 35.5 Å². The first-order valence-electron chi connectivity index (χ1n) is 8.92. The van der Waals surface area contributed by atoms with Gasteiger partial charge in [-0.15, -0.1) is 0 Å². The number of ether oxygens (including phenoxy) is 2. The molecule has 2 atom stereocenters. The number of hydrogen-bond donors (Lipinski definition) is 0. The Hall–Kier alpha value is -0.780. The van der Waals surface area contributed by atoms with Gasteiger partial charge in [-0.3, -0.25) is 0 Å². The van der Waals surface area contributed by atoms with Crippen LogP contribution in [0.15, 0.2) is 18.2 Å². The van der Waals surface area contributed by atoms with E-state index in [0.29, 0.717) is 0 Å². The van der Waals surface area contributed by atoms with Gasteiger partial charge in [0.25, 0.3) is 0 Å². The molecule has 0 bridgehead atoms. The van der Waals surface area contributed by atoms with E-state index in [0.717, 1.165) is 35.0 Å². The summed E-state index contributed by atoms with van der Waals surface area (Å²) in [6, 6.07) is 6.12. The van der Waals surface area contributed by atoms with Gasteiger partial charge in [0, 0.05) is 0 Å². The molecule has 0 amide bonds. The van der Waals surface area contributed by atoms with Gasteiger partial charge in [0.1, 0.15) is 0 Å². The molecule has 0 N–H and O–H groups in total. The quantitative estimate of drug-likeness (QED) is 0.334. The maximum absolute atomic E-state index is 13.2. The van der Waals surface area contributed by atoms with Gasteiger partial charge in [-0.2, -0.15) is 0 Å². The fourth-order valence-electron chi connectivity index (χ4n) is 3.35. The van der Waals surface area contributed by atoms with Gasteiger partial charge in [0.2, 0.25) is 0 Å². The zero-order valence-electron chi connectivity index (χ0n) is 16.7. The first-order valence-corrected chi connectivity index (χ1v) is 14.8. The van der Waals surface area contributed by atoms with Crippen molar-refractivity contribution in [3.63, 3.8) is 0 Å². The molecule has 0 aromatic heterocycles. The minimum absolute atomic E-state index is 0.0281. The molecule has 0 saturated heterocycles. The second kappa shape index (κ2) is 7.85. The van der Waals surface area contributed by atoms with Gasteiger partial charge in [-0.05, 0) is 0 Å². The van der Waals surface area contributed by atoms with E-state index in [2.05, 4.69) is 49.7 Å². The summed E-state index contributed by atoms with van der Waals surface area (Å²) in [6.45, 7) is 8.58. The number of carbonyl (C=O) groups is 1. The minimum atomic E-state index is -1.08. The van der Waals surface area contributed by atoms with Crippen LogP contribution in [0.4, 0.5) is 0 Å². The van der Waals surface area contributed by atoms with Crippen molar-refractivity contribution in [1.82, 2.24) is 0 Å². The molecule has 1 aliphatic carbocycles. The van der Waals surface area contributed by atoms with Gasteiger partial charge in [-0.25, -0.2) is 0 Å². The molecule has 1 aromatic carbocycles. The van der Waals surface area contributed by atoms with Gasteiger partial charge in [0.15, 0.2) is 0 Å². The summed E-state index contributed by atoms with van der Waals surface area (Å²) in [7, 11) is 1.69. The average Bonchev–Trinajstić information content (AvgIpc) is 2.52. The van der Waals surface area contributed by atoms with Crippen molar-refractivity contribution in [3.8, 4) is 5.75 Å². The third kappa shape index (κ3) is 4.50. The maximum atomic E-state index is 13.2. The van der Waals surface area contributed by atoms with E-state index in [4.69, 9.17) is 9.47 Å². The van der Waals surface area contributed by atoms with Gasteiger partial charge in [0.05, 0.1) is 0 Å². The standard InChI is InChI=1S/C21H33IO3/c1-20(2,3)21(4,14-22(5)6)19(23)25-18-10-8-9-15-13-16(24-7)11-12-17(15)18/h11-13,18H,8-10,14H2,1-7H3. The zero-order chi connectivity index (χ0) is 18.8. The molecular weight excluding hydrogens is 427 g/mol. The van der Waals surface area contributed by atoms with E-state index in [9.17, 15) is 4.79 Å². The number of halogens is 1. The number of methoxy groups -OCH3 is 1. The number of rotatable bonds is 5. The summed E-state index contributed by atoms with van der Waals surface area (Å²) in [5, 5.41) is 0. The van der Waals surface area contributed by atoms with E-state index >= 15 is 0 Å². The van der Waals surface area contributed by atoms with E-state index in [-0.39, 0.29) is 17.5 Å².